The van der Waals surface area contributed by atoms with Gasteiger partial charge < -0.3 is 9.84 Å². The molecule has 8 heteroatoms. The van der Waals surface area contributed by atoms with Crippen LogP contribution >= 0.6 is 43.2 Å². The zero-order valence-electron chi connectivity index (χ0n) is 17.5. The first-order chi connectivity index (χ1) is 15.5. The Balaban J connectivity index is 1.65. The number of fused-ring (bicyclic) bond motifs is 1. The Hall–Kier alpha value is -2.00. The van der Waals surface area contributed by atoms with Crippen LogP contribution in [-0.2, 0) is 24.2 Å². The van der Waals surface area contributed by atoms with Gasteiger partial charge in [-0.05, 0) is 52.5 Å². The van der Waals surface area contributed by atoms with E-state index in [1.807, 2.05) is 6.07 Å². The van der Waals surface area contributed by atoms with Crippen molar-refractivity contribution in [3.8, 4) is 5.75 Å². The van der Waals surface area contributed by atoms with Gasteiger partial charge in [-0.25, -0.2) is 9.79 Å². The van der Waals surface area contributed by atoms with Crippen LogP contribution < -0.4 is 0 Å². The van der Waals surface area contributed by atoms with Gasteiger partial charge in [0.05, 0.1) is 16.6 Å². The predicted octanol–water partition coefficient (Wildman–Crippen LogP) is 6.46. The Morgan fingerprint density at radius 3 is 2.81 bits per heavy atom. The van der Waals surface area contributed by atoms with Gasteiger partial charge in [0, 0.05) is 40.8 Å². The molecule has 2 aromatic carbocycles. The number of halogens is 2. The van der Waals surface area contributed by atoms with Gasteiger partial charge in [-0.15, -0.1) is 11.3 Å². The number of aromatic hydroxyl groups is 1. The van der Waals surface area contributed by atoms with Crippen LogP contribution in [0.3, 0.4) is 0 Å². The highest BCUT2D eigenvalue weighted by Gasteiger charge is 2.28. The summed E-state index contributed by atoms with van der Waals surface area (Å²) in [5.74, 6) is -0.238. The van der Waals surface area contributed by atoms with Crippen molar-refractivity contribution in [2.45, 2.75) is 26.4 Å². The van der Waals surface area contributed by atoms with E-state index in [1.165, 1.54) is 16.9 Å². The first kappa shape index (κ1) is 23.2. The Kier molecular flexibility index (Phi) is 7.45. The van der Waals surface area contributed by atoms with Gasteiger partial charge >= 0.3 is 5.97 Å². The Morgan fingerprint density at radius 1 is 1.28 bits per heavy atom. The molecule has 4 rings (SSSR count). The van der Waals surface area contributed by atoms with Crippen molar-refractivity contribution < 1.29 is 14.6 Å². The van der Waals surface area contributed by atoms with Crippen molar-refractivity contribution in [1.29, 1.82) is 0 Å². The molecule has 5 nitrogen and oxygen atoms in total. The summed E-state index contributed by atoms with van der Waals surface area (Å²) in [7, 11) is 0. The van der Waals surface area contributed by atoms with Gasteiger partial charge in [0.15, 0.2) is 0 Å². The van der Waals surface area contributed by atoms with Gasteiger partial charge in [-0.3, -0.25) is 4.90 Å². The number of rotatable bonds is 6. The third kappa shape index (κ3) is 5.14. The van der Waals surface area contributed by atoms with Crippen LogP contribution in [0.15, 0.2) is 56.4 Å². The molecule has 0 bridgehead atoms. The fraction of sp³-hybridized carbons (Fsp3) is 0.250. The molecule has 0 atom stereocenters. The molecule has 2 heterocycles. The molecule has 1 aliphatic heterocycles. The molecule has 1 aromatic heterocycles. The largest absolute Gasteiger partial charge is 0.506 e. The normalized spacial score (nSPS) is 14.0. The van der Waals surface area contributed by atoms with E-state index < -0.39 is 0 Å². The molecule has 32 heavy (non-hydrogen) atoms. The summed E-state index contributed by atoms with van der Waals surface area (Å²) in [6.07, 6.45) is 2.36. The number of nitrogens with zero attached hydrogens (tertiary/aromatic N) is 2. The highest BCUT2D eigenvalue weighted by molar-refractivity contribution is 9.11. The summed E-state index contributed by atoms with van der Waals surface area (Å²) in [6.45, 7) is 4.62. The van der Waals surface area contributed by atoms with Crippen LogP contribution in [-0.4, -0.2) is 35.3 Å². The van der Waals surface area contributed by atoms with Gasteiger partial charge in [0.2, 0.25) is 0 Å². The molecule has 0 saturated carbocycles. The van der Waals surface area contributed by atoms with Crippen molar-refractivity contribution in [2.24, 2.45) is 4.99 Å². The molecule has 0 spiro atoms. The topological polar surface area (TPSA) is 62.1 Å². The third-order valence-electron chi connectivity index (χ3n) is 5.22. The lowest BCUT2D eigenvalue weighted by molar-refractivity contribution is 0.0526. The summed E-state index contributed by atoms with van der Waals surface area (Å²) in [6, 6.07) is 13.9. The van der Waals surface area contributed by atoms with E-state index in [2.05, 4.69) is 66.0 Å². The van der Waals surface area contributed by atoms with Crippen LogP contribution in [0.1, 0.15) is 38.8 Å². The number of esters is 1. The minimum Gasteiger partial charge on any atom is -0.506 e. The summed E-state index contributed by atoms with van der Waals surface area (Å²) < 4.78 is 6.73. The Bertz CT molecular complexity index is 1160. The fourth-order valence-electron chi connectivity index (χ4n) is 3.74. The minimum atomic E-state index is -0.340. The summed E-state index contributed by atoms with van der Waals surface area (Å²) in [5.41, 5.74) is 3.41. The quantitative estimate of drug-likeness (QED) is 0.269. The maximum atomic E-state index is 12.8. The van der Waals surface area contributed by atoms with Gasteiger partial charge in [0.25, 0.3) is 0 Å². The van der Waals surface area contributed by atoms with Gasteiger partial charge in [-0.2, -0.15) is 0 Å². The lowest BCUT2D eigenvalue weighted by Gasteiger charge is -2.27. The smallest absolute Gasteiger partial charge is 0.341 e. The molecule has 0 aliphatic carbocycles. The van der Waals surface area contributed by atoms with Gasteiger partial charge in [0.1, 0.15) is 10.8 Å². The number of carbonyl (C=O) groups excluding carboxylic acids is 1. The summed E-state index contributed by atoms with van der Waals surface area (Å²) >= 11 is 8.29. The van der Waals surface area contributed by atoms with Crippen LogP contribution in [0.25, 0.3) is 0 Å². The van der Waals surface area contributed by atoms with E-state index in [1.54, 1.807) is 25.3 Å². The highest BCUT2D eigenvalue weighted by Crippen LogP contribution is 2.40. The zero-order chi connectivity index (χ0) is 22.7. The van der Waals surface area contributed by atoms with Crippen molar-refractivity contribution in [3.05, 3.63) is 78.5 Å². The molecule has 1 aliphatic rings. The van der Waals surface area contributed by atoms with Crippen molar-refractivity contribution in [2.75, 3.05) is 13.2 Å². The number of hydrogen-bond acceptors (Lipinski definition) is 6. The molecule has 0 amide bonds. The van der Waals surface area contributed by atoms with E-state index >= 15 is 0 Å². The second-order valence-corrected chi connectivity index (χ2v) is 10.3. The Morgan fingerprint density at radius 2 is 2.06 bits per heavy atom. The van der Waals surface area contributed by atoms with E-state index in [0.717, 1.165) is 41.0 Å². The molecule has 166 valence electrons. The summed E-state index contributed by atoms with van der Waals surface area (Å²) in [4.78, 5) is 20.9. The number of hydrogen-bond donors (Lipinski definition) is 1. The van der Waals surface area contributed by atoms with Crippen LogP contribution in [0.2, 0.25) is 0 Å². The van der Waals surface area contributed by atoms with E-state index in [9.17, 15) is 9.90 Å². The molecule has 0 saturated heterocycles. The fourth-order valence-corrected chi connectivity index (χ4v) is 6.22. The average Bonchev–Trinajstić information content (AvgIpc) is 3.13. The molecule has 0 radical (unpaired) electrons. The lowest BCUT2D eigenvalue weighted by atomic mass is 10.0. The van der Waals surface area contributed by atoms with E-state index in [0.29, 0.717) is 27.2 Å². The monoisotopic (exact) mass is 576 g/mol. The van der Waals surface area contributed by atoms with Crippen LogP contribution in [0.5, 0.6) is 5.75 Å². The van der Waals surface area contributed by atoms with Crippen molar-refractivity contribution >= 4 is 60.4 Å². The maximum Gasteiger partial charge on any atom is 0.341 e. The third-order valence-corrected chi connectivity index (χ3v) is 7.41. The SMILES string of the molecule is CCOC(=O)c1c(/N=C\c2cc(Br)cc(Br)c2O)sc2c1CCN(Cc1ccccc1)C2. The number of benzene rings is 2. The van der Waals surface area contributed by atoms with E-state index in [-0.39, 0.29) is 11.7 Å². The van der Waals surface area contributed by atoms with Crippen molar-refractivity contribution in [1.82, 2.24) is 4.90 Å². The second-order valence-electron chi connectivity index (χ2n) is 7.43. The Labute approximate surface area is 208 Å². The van der Waals surface area contributed by atoms with Gasteiger partial charge in [-0.1, -0.05) is 46.3 Å². The first-order valence-corrected chi connectivity index (χ1v) is 12.7. The first-order valence-electron chi connectivity index (χ1n) is 10.3. The molecule has 1 N–H and O–H groups in total. The minimum absolute atomic E-state index is 0.102. The van der Waals surface area contributed by atoms with Crippen LogP contribution in [0.4, 0.5) is 5.00 Å². The summed E-state index contributed by atoms with van der Waals surface area (Å²) in [5, 5.41) is 11.0. The highest BCUT2D eigenvalue weighted by atomic mass is 79.9. The molecular formula is C24H22Br2N2O3S. The molecule has 0 unspecified atom stereocenters. The second kappa shape index (κ2) is 10.3. The predicted molar refractivity (Wildman–Crippen MR) is 135 cm³/mol. The average molecular weight is 578 g/mol. The molecule has 3 aromatic rings. The standard InChI is InChI=1S/C24H22Br2N2O3S/c1-2-31-24(30)21-18-8-9-28(13-15-6-4-3-5-7-15)14-20(18)32-23(21)27-12-16-10-17(25)11-19(26)22(16)29/h3-7,10-12,29H,2,8-9,13-14H2,1H3/b27-12-. The van der Waals surface area contributed by atoms with Crippen LogP contribution in [0, 0.1) is 0 Å². The number of phenolic OH excluding ortho intramolecular Hbond substituents is 1. The number of aliphatic imine (C=N–C) groups is 1. The number of ether oxygens (including phenoxy) is 1. The number of phenols is 1. The van der Waals surface area contributed by atoms with E-state index in [4.69, 9.17) is 4.74 Å². The lowest BCUT2D eigenvalue weighted by Crippen LogP contribution is -2.29. The molecular weight excluding hydrogens is 556 g/mol. The number of carbonyl (C=O) groups is 1. The maximum absolute atomic E-state index is 12.8. The zero-order valence-corrected chi connectivity index (χ0v) is 21.5. The number of thiophene rings is 1. The van der Waals surface area contributed by atoms with Crippen molar-refractivity contribution in [3.63, 3.8) is 0 Å². The molecule has 0 fully saturated rings.